The van der Waals surface area contributed by atoms with Crippen molar-refractivity contribution in [3.8, 4) is 0 Å². The Balaban J connectivity index is 1.11. The van der Waals surface area contributed by atoms with Gasteiger partial charge < -0.3 is 20.3 Å². The maximum Gasteiger partial charge on any atom is 0.242 e. The van der Waals surface area contributed by atoms with E-state index in [1.165, 1.54) is 0 Å². The number of nitrogens with zero attached hydrogens (tertiary/aromatic N) is 2. The highest BCUT2D eigenvalue weighted by molar-refractivity contribution is 5.89. The van der Waals surface area contributed by atoms with Gasteiger partial charge in [-0.15, -0.1) is 0 Å². The molecule has 174 valence electrons. The zero-order chi connectivity index (χ0) is 21.8. The largest absolute Gasteiger partial charge is 0.358 e. The average molecular weight is 441 g/mol. The second-order valence-electron chi connectivity index (χ2n) is 10.2. The Morgan fingerprint density at radius 3 is 2.35 bits per heavy atom. The molecule has 0 spiro atoms. The van der Waals surface area contributed by atoms with Gasteiger partial charge in [0.15, 0.2) is 0 Å². The van der Waals surface area contributed by atoms with Gasteiger partial charge in [0.05, 0.1) is 11.6 Å². The minimum atomic E-state index is -1.11. The third kappa shape index (κ3) is 4.20. The van der Waals surface area contributed by atoms with Crippen molar-refractivity contribution in [3.63, 3.8) is 0 Å². The van der Waals surface area contributed by atoms with Gasteiger partial charge in [-0.05, 0) is 44.9 Å². The summed E-state index contributed by atoms with van der Waals surface area (Å²) in [5.74, 6) is -0.623. The average Bonchev–Trinajstić information content (AvgIpc) is 3.39. The van der Waals surface area contributed by atoms with Crippen LogP contribution in [0, 0.1) is 11.8 Å². The summed E-state index contributed by atoms with van der Waals surface area (Å²) in [5, 5.41) is 3.38. The number of halogens is 2. The molecule has 0 radical (unpaired) electrons. The molecule has 2 heterocycles. The molecule has 7 nitrogen and oxygen atoms in total. The van der Waals surface area contributed by atoms with E-state index >= 15 is 4.39 Å². The first kappa shape index (κ1) is 21.5. The van der Waals surface area contributed by atoms with Crippen molar-refractivity contribution in [1.82, 2.24) is 15.1 Å². The molecule has 2 aliphatic heterocycles. The van der Waals surface area contributed by atoms with Gasteiger partial charge in [0.2, 0.25) is 11.8 Å². The van der Waals surface area contributed by atoms with Gasteiger partial charge >= 0.3 is 0 Å². The van der Waals surface area contributed by atoms with E-state index in [0.717, 1.165) is 19.3 Å². The first-order chi connectivity index (χ1) is 14.8. The lowest BCUT2D eigenvalue weighted by molar-refractivity contribution is -0.145. The van der Waals surface area contributed by atoms with Crippen molar-refractivity contribution in [1.29, 1.82) is 0 Å². The van der Waals surface area contributed by atoms with E-state index in [0.29, 0.717) is 51.9 Å². The minimum absolute atomic E-state index is 0.00340. The molecule has 2 saturated heterocycles. The topological polar surface area (TPSA) is 87.9 Å². The number of fused-ring (bicyclic) bond motifs is 1. The molecule has 3 aliphatic carbocycles. The second kappa shape index (κ2) is 8.23. The molecule has 0 aromatic heterocycles. The molecule has 5 aliphatic rings. The number of hydrogen-bond acceptors (Lipinski definition) is 5. The van der Waals surface area contributed by atoms with E-state index in [1.54, 1.807) is 9.80 Å². The molecule has 0 aromatic rings. The fourth-order valence-corrected chi connectivity index (χ4v) is 5.84. The van der Waals surface area contributed by atoms with E-state index in [1.807, 2.05) is 0 Å². The molecule has 0 bridgehead atoms. The highest BCUT2D eigenvalue weighted by atomic mass is 19.1. The lowest BCUT2D eigenvalue weighted by Gasteiger charge is -2.40. The second-order valence-corrected chi connectivity index (χ2v) is 10.2. The van der Waals surface area contributed by atoms with Crippen LogP contribution < -0.4 is 11.1 Å². The van der Waals surface area contributed by atoms with E-state index in [-0.39, 0.29) is 48.4 Å². The number of alkyl halides is 2. The zero-order valence-electron chi connectivity index (χ0n) is 18.0. The van der Waals surface area contributed by atoms with Crippen LogP contribution in [0.3, 0.4) is 0 Å². The molecule has 31 heavy (non-hydrogen) atoms. The maximum atomic E-state index is 15.1. The number of ether oxygens (including phenoxy) is 1. The van der Waals surface area contributed by atoms with Gasteiger partial charge in [0.25, 0.3) is 0 Å². The van der Waals surface area contributed by atoms with Gasteiger partial charge in [0.1, 0.15) is 18.6 Å². The Bertz CT molecular complexity index is 713. The van der Waals surface area contributed by atoms with Crippen molar-refractivity contribution in [2.45, 2.75) is 87.6 Å². The van der Waals surface area contributed by atoms with Crippen LogP contribution in [-0.4, -0.2) is 84.0 Å². The van der Waals surface area contributed by atoms with Gasteiger partial charge in [-0.1, -0.05) is 0 Å². The van der Waals surface area contributed by atoms with Crippen LogP contribution in [0.1, 0.15) is 51.4 Å². The molecule has 3 N–H and O–H groups in total. The summed E-state index contributed by atoms with van der Waals surface area (Å²) in [6, 6.07) is 0.117. The third-order valence-electron chi connectivity index (χ3n) is 8.08. The molecule has 9 heteroatoms. The lowest BCUT2D eigenvalue weighted by atomic mass is 9.79. The number of carbonyl (C=O) groups excluding carboxylic acids is 2. The summed E-state index contributed by atoms with van der Waals surface area (Å²) < 4.78 is 34.8. The van der Waals surface area contributed by atoms with Crippen LogP contribution in [0.4, 0.5) is 8.78 Å². The third-order valence-corrected chi connectivity index (χ3v) is 8.08. The van der Waals surface area contributed by atoms with Crippen molar-refractivity contribution in [2.24, 2.45) is 17.6 Å². The first-order valence-corrected chi connectivity index (χ1v) is 11.9. The number of nitrogens with one attached hydrogen (secondary N) is 1. The molecule has 0 aromatic carbocycles. The fourth-order valence-electron chi connectivity index (χ4n) is 5.84. The molecule has 3 saturated carbocycles. The Kier molecular flexibility index (Phi) is 5.71. The quantitative estimate of drug-likeness (QED) is 0.687. The Morgan fingerprint density at radius 1 is 0.968 bits per heavy atom. The van der Waals surface area contributed by atoms with Gasteiger partial charge in [0, 0.05) is 50.5 Å². The van der Waals surface area contributed by atoms with Gasteiger partial charge in [-0.3, -0.25) is 14.9 Å². The van der Waals surface area contributed by atoms with Crippen LogP contribution in [-0.2, 0) is 14.3 Å². The molecular weight excluding hydrogens is 406 g/mol. The van der Waals surface area contributed by atoms with Crippen LogP contribution in [0.5, 0.6) is 0 Å². The summed E-state index contributed by atoms with van der Waals surface area (Å²) in [4.78, 5) is 28.9. The monoisotopic (exact) mass is 440 g/mol. The Morgan fingerprint density at radius 2 is 1.68 bits per heavy atom. The van der Waals surface area contributed by atoms with Crippen molar-refractivity contribution >= 4 is 11.8 Å². The molecular formula is C22H34F2N4O3. The van der Waals surface area contributed by atoms with E-state index in [9.17, 15) is 14.0 Å². The Hall–Kier alpha value is -1.32. The normalized spacial score (nSPS) is 42.2. The molecule has 7 unspecified atom stereocenters. The SMILES string of the molecule is NC1(C(=O)N2CCN(C(=O)C3CCC(C4NC5CCC(F)CC5O4)C(F)C3)CC2)CC1. The van der Waals surface area contributed by atoms with Crippen LogP contribution in [0.25, 0.3) is 0 Å². The number of piperazine rings is 1. The maximum absolute atomic E-state index is 15.1. The zero-order valence-corrected chi connectivity index (χ0v) is 18.0. The summed E-state index contributed by atoms with van der Waals surface area (Å²) in [6.07, 6.45) is 2.07. The number of rotatable bonds is 3. The minimum Gasteiger partial charge on any atom is -0.358 e. The number of hydrogen-bond donors (Lipinski definition) is 2. The van der Waals surface area contributed by atoms with Crippen LogP contribution in [0.2, 0.25) is 0 Å². The lowest BCUT2D eigenvalue weighted by Crippen LogP contribution is -2.56. The number of carbonyl (C=O) groups is 2. The van der Waals surface area contributed by atoms with Crippen LogP contribution in [0.15, 0.2) is 0 Å². The molecule has 7 atom stereocenters. The van der Waals surface area contributed by atoms with Crippen molar-refractivity contribution < 1.29 is 23.1 Å². The van der Waals surface area contributed by atoms with E-state index in [2.05, 4.69) is 5.32 Å². The molecule has 2 amide bonds. The smallest absolute Gasteiger partial charge is 0.242 e. The predicted molar refractivity (Wildman–Crippen MR) is 109 cm³/mol. The van der Waals surface area contributed by atoms with E-state index < -0.39 is 17.9 Å². The molecule has 5 rings (SSSR count). The van der Waals surface area contributed by atoms with Gasteiger partial charge in [-0.2, -0.15) is 0 Å². The van der Waals surface area contributed by atoms with Crippen molar-refractivity contribution in [2.75, 3.05) is 26.2 Å². The summed E-state index contributed by atoms with van der Waals surface area (Å²) in [6.45, 7) is 1.96. The van der Waals surface area contributed by atoms with Crippen LogP contribution >= 0.6 is 0 Å². The van der Waals surface area contributed by atoms with Gasteiger partial charge in [-0.25, -0.2) is 8.78 Å². The highest BCUT2D eigenvalue weighted by Crippen LogP contribution is 2.39. The Labute approximate surface area is 182 Å². The van der Waals surface area contributed by atoms with E-state index in [4.69, 9.17) is 10.5 Å². The summed E-state index contributed by atoms with van der Waals surface area (Å²) in [7, 11) is 0. The standard InChI is InChI=1S/C22H34F2N4O3/c23-14-2-4-17-18(12-14)31-19(26-17)15-3-1-13(11-16(15)24)20(29)27-7-9-28(10-8-27)21(30)22(25)5-6-22/h13-19,26H,1-12,25H2. The van der Waals surface area contributed by atoms with Crippen molar-refractivity contribution in [3.05, 3.63) is 0 Å². The highest BCUT2D eigenvalue weighted by Gasteiger charge is 2.49. The number of amides is 2. The predicted octanol–water partition coefficient (Wildman–Crippen LogP) is 1.11. The summed E-state index contributed by atoms with van der Waals surface area (Å²) >= 11 is 0. The first-order valence-electron chi connectivity index (χ1n) is 11.9. The molecule has 5 fully saturated rings. The number of nitrogens with two attached hydrogens (primary N) is 1. The summed E-state index contributed by atoms with van der Waals surface area (Å²) in [5.41, 5.74) is 5.33. The fraction of sp³-hybridized carbons (Fsp3) is 0.909.